The average molecular weight is 240 g/mol. The van der Waals surface area contributed by atoms with Crippen LogP contribution in [0.2, 0.25) is 0 Å². The van der Waals surface area contributed by atoms with E-state index in [4.69, 9.17) is 10.2 Å². The number of nitrogens with zero attached hydrogens (tertiary/aromatic N) is 1. The lowest BCUT2D eigenvalue weighted by atomic mass is 10.2. The van der Waals surface area contributed by atoms with E-state index < -0.39 is 17.6 Å². The van der Waals surface area contributed by atoms with Gasteiger partial charge in [-0.15, -0.1) is 0 Å². The normalized spacial score (nSPS) is 11.9. The molecule has 3 N–H and O–H groups in total. The Labute approximate surface area is 96.8 Å². The largest absolute Gasteiger partial charge is 0.394 e. The summed E-state index contributed by atoms with van der Waals surface area (Å²) in [5, 5.41) is 31.1. The second kappa shape index (κ2) is 5.92. The van der Waals surface area contributed by atoms with E-state index in [0.29, 0.717) is 6.29 Å². The molecule has 0 aliphatic carbocycles. The van der Waals surface area contributed by atoms with Crippen LogP contribution < -0.4 is 5.32 Å². The van der Waals surface area contributed by atoms with Crippen LogP contribution in [0.4, 0.5) is 11.4 Å². The summed E-state index contributed by atoms with van der Waals surface area (Å²) in [4.78, 5) is 20.6. The molecule has 92 valence electrons. The van der Waals surface area contributed by atoms with Crippen molar-refractivity contribution in [3.63, 3.8) is 0 Å². The van der Waals surface area contributed by atoms with Gasteiger partial charge in [-0.05, 0) is 12.1 Å². The number of aldehydes is 1. The molecular weight excluding hydrogens is 228 g/mol. The average Bonchev–Trinajstić information content (AvgIpc) is 2.35. The van der Waals surface area contributed by atoms with Gasteiger partial charge in [-0.1, -0.05) is 0 Å². The van der Waals surface area contributed by atoms with E-state index >= 15 is 0 Å². The number of rotatable bonds is 6. The van der Waals surface area contributed by atoms with Gasteiger partial charge < -0.3 is 15.5 Å². The number of nitro groups is 1. The molecule has 7 nitrogen and oxygen atoms in total. The molecular formula is C10H12N2O5. The van der Waals surface area contributed by atoms with Crippen LogP contribution in [0.3, 0.4) is 0 Å². The van der Waals surface area contributed by atoms with E-state index in [1.54, 1.807) is 0 Å². The lowest BCUT2D eigenvalue weighted by Crippen LogP contribution is -2.23. The second-order valence-corrected chi connectivity index (χ2v) is 3.37. The standard InChI is InChI=1S/C10H12N2O5/c13-5-7-1-2-9(10(3-7)12(16)17)11-4-8(15)6-14/h1-3,5,8,11,14-15H,4,6H2. The van der Waals surface area contributed by atoms with E-state index in [1.165, 1.54) is 12.1 Å². The number of aliphatic hydroxyl groups is 2. The van der Waals surface area contributed by atoms with Gasteiger partial charge in [0.2, 0.25) is 0 Å². The van der Waals surface area contributed by atoms with Gasteiger partial charge in [-0.3, -0.25) is 14.9 Å². The van der Waals surface area contributed by atoms with Gasteiger partial charge in [0.25, 0.3) is 5.69 Å². The molecule has 7 heteroatoms. The monoisotopic (exact) mass is 240 g/mol. The first-order chi connectivity index (χ1) is 8.08. The summed E-state index contributed by atoms with van der Waals surface area (Å²) in [6.45, 7) is -0.453. The Morgan fingerprint density at radius 2 is 2.24 bits per heavy atom. The van der Waals surface area contributed by atoms with Crippen LogP contribution in [-0.4, -0.2) is 40.7 Å². The molecule has 0 bridgehead atoms. The molecule has 0 fully saturated rings. The maximum absolute atomic E-state index is 10.7. The number of hydrogen-bond donors (Lipinski definition) is 3. The topological polar surface area (TPSA) is 113 Å². The van der Waals surface area contributed by atoms with Gasteiger partial charge in [-0.25, -0.2) is 0 Å². The smallest absolute Gasteiger partial charge is 0.293 e. The van der Waals surface area contributed by atoms with E-state index in [-0.39, 0.29) is 23.5 Å². The molecule has 17 heavy (non-hydrogen) atoms. The highest BCUT2D eigenvalue weighted by Gasteiger charge is 2.15. The minimum absolute atomic E-state index is 0.0161. The lowest BCUT2D eigenvalue weighted by molar-refractivity contribution is -0.384. The van der Waals surface area contributed by atoms with Gasteiger partial charge in [-0.2, -0.15) is 0 Å². The Balaban J connectivity index is 2.90. The maximum atomic E-state index is 10.7. The Bertz CT molecular complexity index is 421. The first-order valence-electron chi connectivity index (χ1n) is 4.85. The number of aliphatic hydroxyl groups excluding tert-OH is 2. The number of carbonyl (C=O) groups is 1. The minimum Gasteiger partial charge on any atom is -0.394 e. The number of anilines is 1. The van der Waals surface area contributed by atoms with Gasteiger partial charge >= 0.3 is 0 Å². The zero-order chi connectivity index (χ0) is 12.8. The summed E-state index contributed by atoms with van der Waals surface area (Å²) in [6.07, 6.45) is -0.486. The molecule has 0 saturated carbocycles. The zero-order valence-corrected chi connectivity index (χ0v) is 8.87. The highest BCUT2D eigenvalue weighted by Crippen LogP contribution is 2.24. The van der Waals surface area contributed by atoms with Crippen LogP contribution in [0.1, 0.15) is 10.4 Å². The summed E-state index contributed by atoms with van der Waals surface area (Å²) in [5.41, 5.74) is 0.137. The maximum Gasteiger partial charge on any atom is 0.293 e. The van der Waals surface area contributed by atoms with Crippen molar-refractivity contribution in [3.8, 4) is 0 Å². The molecule has 0 aliphatic rings. The van der Waals surface area contributed by atoms with Crippen LogP contribution >= 0.6 is 0 Å². The molecule has 0 spiro atoms. The van der Waals surface area contributed by atoms with Crippen LogP contribution in [0, 0.1) is 10.1 Å². The van der Waals surface area contributed by atoms with E-state index in [0.717, 1.165) is 6.07 Å². The third kappa shape index (κ3) is 3.51. The lowest BCUT2D eigenvalue weighted by Gasteiger charge is -2.10. The summed E-state index contributed by atoms with van der Waals surface area (Å²) >= 11 is 0. The molecule has 0 radical (unpaired) electrons. The van der Waals surface area contributed by atoms with E-state index in [2.05, 4.69) is 5.32 Å². The molecule has 0 aromatic heterocycles. The molecule has 0 aliphatic heterocycles. The van der Waals surface area contributed by atoms with Crippen molar-refractivity contribution in [1.82, 2.24) is 0 Å². The molecule has 0 heterocycles. The molecule has 1 aromatic carbocycles. The predicted octanol–water partition coefficient (Wildman–Crippen LogP) is 0.172. The van der Waals surface area contributed by atoms with Gasteiger partial charge in [0.1, 0.15) is 12.0 Å². The minimum atomic E-state index is -1.000. The Hall–Kier alpha value is -1.99. The van der Waals surface area contributed by atoms with Crippen LogP contribution in [0.15, 0.2) is 18.2 Å². The van der Waals surface area contributed by atoms with Crippen LogP contribution in [-0.2, 0) is 0 Å². The van der Waals surface area contributed by atoms with Crippen molar-refractivity contribution in [2.75, 3.05) is 18.5 Å². The fourth-order valence-corrected chi connectivity index (χ4v) is 1.21. The predicted molar refractivity (Wildman–Crippen MR) is 60.1 cm³/mol. The van der Waals surface area contributed by atoms with E-state index in [1.807, 2.05) is 0 Å². The van der Waals surface area contributed by atoms with Crippen molar-refractivity contribution >= 4 is 17.7 Å². The van der Waals surface area contributed by atoms with Crippen molar-refractivity contribution in [1.29, 1.82) is 0 Å². The molecule has 1 rings (SSSR count). The van der Waals surface area contributed by atoms with Gasteiger partial charge in [0.15, 0.2) is 0 Å². The number of carbonyl (C=O) groups excluding carboxylic acids is 1. The molecule has 0 amide bonds. The van der Waals surface area contributed by atoms with Crippen LogP contribution in [0.25, 0.3) is 0 Å². The summed E-state index contributed by atoms with van der Waals surface area (Å²) < 4.78 is 0. The third-order valence-electron chi connectivity index (χ3n) is 2.09. The Kier molecular flexibility index (Phi) is 4.56. The fourth-order valence-electron chi connectivity index (χ4n) is 1.21. The highest BCUT2D eigenvalue weighted by molar-refractivity contribution is 5.79. The molecule has 1 atom stereocenters. The fraction of sp³-hybridized carbons (Fsp3) is 0.300. The molecule has 1 aromatic rings. The van der Waals surface area contributed by atoms with Crippen molar-refractivity contribution in [2.24, 2.45) is 0 Å². The third-order valence-corrected chi connectivity index (χ3v) is 2.09. The zero-order valence-electron chi connectivity index (χ0n) is 8.87. The number of nitro benzene ring substituents is 1. The summed E-state index contributed by atoms with van der Waals surface area (Å²) in [6, 6.07) is 3.94. The molecule has 0 saturated heterocycles. The number of benzene rings is 1. The van der Waals surface area contributed by atoms with E-state index in [9.17, 15) is 14.9 Å². The number of hydrogen-bond acceptors (Lipinski definition) is 6. The first kappa shape index (κ1) is 13.1. The Morgan fingerprint density at radius 1 is 1.53 bits per heavy atom. The van der Waals surface area contributed by atoms with Crippen LogP contribution in [0.5, 0.6) is 0 Å². The first-order valence-corrected chi connectivity index (χ1v) is 4.85. The SMILES string of the molecule is O=Cc1ccc(NCC(O)CO)c([N+](=O)[O-])c1. The molecule has 1 unspecified atom stereocenters. The van der Waals surface area contributed by atoms with Crippen molar-refractivity contribution in [3.05, 3.63) is 33.9 Å². The summed E-state index contributed by atoms with van der Waals surface area (Å²) in [5.74, 6) is 0. The number of nitrogens with one attached hydrogen (secondary N) is 1. The Morgan fingerprint density at radius 3 is 2.76 bits per heavy atom. The quantitative estimate of drug-likeness (QED) is 0.371. The highest BCUT2D eigenvalue weighted by atomic mass is 16.6. The van der Waals surface area contributed by atoms with Gasteiger partial charge in [0.05, 0.1) is 17.6 Å². The second-order valence-electron chi connectivity index (χ2n) is 3.37. The van der Waals surface area contributed by atoms with Crippen molar-refractivity contribution in [2.45, 2.75) is 6.10 Å². The summed E-state index contributed by atoms with van der Waals surface area (Å²) in [7, 11) is 0. The van der Waals surface area contributed by atoms with Gasteiger partial charge in [0, 0.05) is 18.2 Å². The van der Waals surface area contributed by atoms with Crippen molar-refractivity contribution < 1.29 is 19.9 Å².